The van der Waals surface area contributed by atoms with E-state index in [1.165, 1.54) is 11.3 Å². The minimum absolute atomic E-state index is 0.420. The molecule has 1 aromatic heterocycles. The fourth-order valence-corrected chi connectivity index (χ4v) is 2.65. The summed E-state index contributed by atoms with van der Waals surface area (Å²) in [5.74, 6) is 1.49. The van der Waals surface area contributed by atoms with Gasteiger partial charge in [0, 0.05) is 43.8 Å². The lowest BCUT2D eigenvalue weighted by molar-refractivity contribution is 0.177. The van der Waals surface area contributed by atoms with Gasteiger partial charge in [0.2, 0.25) is 0 Å². The van der Waals surface area contributed by atoms with E-state index in [9.17, 15) is 0 Å². The van der Waals surface area contributed by atoms with E-state index in [-0.39, 0.29) is 0 Å². The van der Waals surface area contributed by atoms with Crippen molar-refractivity contribution in [3.8, 4) is 0 Å². The molecule has 0 fully saturated rings. The van der Waals surface area contributed by atoms with E-state index in [2.05, 4.69) is 45.4 Å². The van der Waals surface area contributed by atoms with Crippen molar-refractivity contribution >= 4 is 17.2 Å². The third-order valence-corrected chi connectivity index (χ3v) is 3.66. The Bertz CT molecular complexity index is 657. The third kappa shape index (κ3) is 2.97. The van der Waals surface area contributed by atoms with Gasteiger partial charge in [0.25, 0.3) is 0 Å². The van der Waals surface area contributed by atoms with Gasteiger partial charge in [-0.3, -0.25) is 0 Å². The van der Waals surface area contributed by atoms with Gasteiger partial charge in [0.15, 0.2) is 5.82 Å². The highest BCUT2D eigenvalue weighted by atomic mass is 16.5. The van der Waals surface area contributed by atoms with Gasteiger partial charge >= 0.3 is 0 Å². The number of likely N-dealkylation sites (N-methyl/N-ethyl adjacent to an activating group) is 1. The van der Waals surface area contributed by atoms with Crippen LogP contribution < -0.4 is 10.2 Å². The van der Waals surface area contributed by atoms with Crippen LogP contribution in [0.2, 0.25) is 0 Å². The molecule has 1 aliphatic heterocycles. The van der Waals surface area contributed by atoms with Crippen molar-refractivity contribution in [1.82, 2.24) is 9.97 Å². The summed E-state index contributed by atoms with van der Waals surface area (Å²) in [7, 11) is 3.77. The monoisotopic (exact) mass is 284 g/mol. The summed E-state index contributed by atoms with van der Waals surface area (Å²) in [4.78, 5) is 11.1. The molecule has 0 aliphatic carbocycles. The van der Waals surface area contributed by atoms with Crippen LogP contribution in [0.4, 0.5) is 17.2 Å². The van der Waals surface area contributed by atoms with Crippen LogP contribution in [-0.4, -0.2) is 30.7 Å². The van der Waals surface area contributed by atoms with Crippen molar-refractivity contribution < 1.29 is 4.74 Å². The number of rotatable bonds is 4. The Morgan fingerprint density at radius 2 is 2.14 bits per heavy atom. The number of methoxy groups -OCH3 is 1. The molecule has 0 atom stereocenters. The number of ether oxygens (including phenoxy) is 1. The second kappa shape index (κ2) is 5.69. The van der Waals surface area contributed by atoms with Crippen molar-refractivity contribution in [2.75, 3.05) is 30.9 Å². The van der Waals surface area contributed by atoms with Crippen molar-refractivity contribution in [2.45, 2.75) is 20.0 Å². The molecule has 1 aliphatic rings. The molecule has 2 heterocycles. The van der Waals surface area contributed by atoms with Crippen LogP contribution in [0.25, 0.3) is 0 Å². The number of aromatic nitrogens is 2. The smallest absolute Gasteiger partial charge is 0.156 e. The number of fused-ring (bicyclic) bond motifs is 1. The van der Waals surface area contributed by atoms with Crippen molar-refractivity contribution in [3.63, 3.8) is 0 Å². The number of nitrogens with zero attached hydrogens (tertiary/aromatic N) is 3. The van der Waals surface area contributed by atoms with Crippen LogP contribution >= 0.6 is 0 Å². The molecule has 1 N–H and O–H groups in total. The molecular formula is C16H20N4O. The predicted octanol–water partition coefficient (Wildman–Crippen LogP) is 2.67. The van der Waals surface area contributed by atoms with E-state index in [0.717, 1.165) is 30.2 Å². The maximum absolute atomic E-state index is 5.10. The minimum Gasteiger partial charge on any atom is -0.377 e. The molecule has 0 radical (unpaired) electrons. The minimum atomic E-state index is 0.420. The highest BCUT2D eigenvalue weighted by molar-refractivity contribution is 5.68. The van der Waals surface area contributed by atoms with Gasteiger partial charge in [0.1, 0.15) is 12.4 Å². The lowest BCUT2D eigenvalue weighted by Crippen LogP contribution is -2.12. The number of hydrogen-bond acceptors (Lipinski definition) is 5. The Morgan fingerprint density at radius 3 is 2.95 bits per heavy atom. The summed E-state index contributed by atoms with van der Waals surface area (Å²) >= 11 is 0. The molecule has 5 heteroatoms. The van der Waals surface area contributed by atoms with Crippen molar-refractivity contribution in [2.24, 2.45) is 0 Å². The zero-order valence-electron chi connectivity index (χ0n) is 12.7. The van der Waals surface area contributed by atoms with Gasteiger partial charge in [-0.05, 0) is 31.0 Å². The quantitative estimate of drug-likeness (QED) is 0.935. The average Bonchev–Trinajstić information content (AvgIpc) is 2.80. The Kier molecular flexibility index (Phi) is 3.75. The van der Waals surface area contributed by atoms with E-state index >= 15 is 0 Å². The molecule has 3 rings (SSSR count). The normalized spacial score (nSPS) is 13.4. The topological polar surface area (TPSA) is 50.3 Å². The van der Waals surface area contributed by atoms with E-state index in [4.69, 9.17) is 4.74 Å². The number of aryl methyl sites for hydroxylation is 1. The number of anilines is 3. The van der Waals surface area contributed by atoms with Gasteiger partial charge in [-0.2, -0.15) is 0 Å². The number of hydrogen-bond donors (Lipinski definition) is 1. The molecule has 0 unspecified atom stereocenters. The van der Waals surface area contributed by atoms with E-state index in [1.807, 2.05) is 13.0 Å². The van der Waals surface area contributed by atoms with E-state index < -0.39 is 0 Å². The molecule has 0 saturated heterocycles. The molecule has 0 spiro atoms. The average molecular weight is 284 g/mol. The SMILES string of the molecule is COCc1nc(C)cc(Nc2ccc3c(c2)N(C)CC3)n1. The van der Waals surface area contributed by atoms with Crippen LogP contribution in [0.5, 0.6) is 0 Å². The lowest BCUT2D eigenvalue weighted by atomic mass is 10.1. The predicted molar refractivity (Wildman–Crippen MR) is 84.2 cm³/mol. The fourth-order valence-electron chi connectivity index (χ4n) is 2.65. The first-order chi connectivity index (χ1) is 10.2. The molecule has 110 valence electrons. The van der Waals surface area contributed by atoms with E-state index in [1.54, 1.807) is 7.11 Å². The zero-order chi connectivity index (χ0) is 14.8. The molecule has 0 bridgehead atoms. The summed E-state index contributed by atoms with van der Waals surface area (Å²) < 4.78 is 5.10. The lowest BCUT2D eigenvalue weighted by Gasteiger charge is -2.14. The number of nitrogens with one attached hydrogen (secondary N) is 1. The molecule has 0 amide bonds. The summed E-state index contributed by atoms with van der Waals surface area (Å²) in [6.07, 6.45) is 1.12. The zero-order valence-corrected chi connectivity index (χ0v) is 12.7. The maximum atomic E-state index is 5.10. The fraction of sp³-hybridized carbons (Fsp3) is 0.375. The standard InChI is InChI=1S/C16H20N4O/c1-11-8-15(19-16(17-11)10-21-3)18-13-5-4-12-6-7-20(2)14(12)9-13/h4-5,8-9H,6-7,10H2,1-3H3,(H,17,18,19). The van der Waals surface area contributed by atoms with Crippen LogP contribution in [0.15, 0.2) is 24.3 Å². The van der Waals surface area contributed by atoms with Gasteiger partial charge in [-0.1, -0.05) is 6.07 Å². The Balaban J connectivity index is 1.85. The van der Waals surface area contributed by atoms with Crippen LogP contribution in [0.1, 0.15) is 17.1 Å². The Labute approximate surface area is 125 Å². The highest BCUT2D eigenvalue weighted by Gasteiger charge is 2.15. The first-order valence-electron chi connectivity index (χ1n) is 7.10. The summed E-state index contributed by atoms with van der Waals surface area (Å²) in [5, 5.41) is 3.36. The van der Waals surface area contributed by atoms with Crippen molar-refractivity contribution in [1.29, 1.82) is 0 Å². The third-order valence-electron chi connectivity index (χ3n) is 3.66. The number of benzene rings is 1. The second-order valence-electron chi connectivity index (χ2n) is 5.38. The largest absolute Gasteiger partial charge is 0.377 e. The van der Waals surface area contributed by atoms with Gasteiger partial charge in [0.05, 0.1) is 0 Å². The Morgan fingerprint density at radius 1 is 1.29 bits per heavy atom. The van der Waals surface area contributed by atoms with E-state index in [0.29, 0.717) is 12.4 Å². The highest BCUT2D eigenvalue weighted by Crippen LogP contribution is 2.30. The molecule has 1 aromatic carbocycles. The summed E-state index contributed by atoms with van der Waals surface area (Å²) in [6.45, 7) is 3.47. The Hall–Kier alpha value is -2.14. The first kappa shape index (κ1) is 13.8. The maximum Gasteiger partial charge on any atom is 0.156 e. The summed E-state index contributed by atoms with van der Waals surface area (Å²) in [6, 6.07) is 8.41. The molecule has 21 heavy (non-hydrogen) atoms. The first-order valence-corrected chi connectivity index (χ1v) is 7.10. The molecule has 2 aromatic rings. The van der Waals surface area contributed by atoms with Gasteiger partial charge < -0.3 is 15.0 Å². The van der Waals surface area contributed by atoms with Gasteiger partial charge in [-0.25, -0.2) is 9.97 Å². The molecule has 5 nitrogen and oxygen atoms in total. The summed E-state index contributed by atoms with van der Waals surface area (Å²) in [5.41, 5.74) is 4.67. The molecular weight excluding hydrogens is 264 g/mol. The van der Waals surface area contributed by atoms with Crippen LogP contribution in [-0.2, 0) is 17.8 Å². The molecule has 0 saturated carbocycles. The second-order valence-corrected chi connectivity index (χ2v) is 5.38. The van der Waals surface area contributed by atoms with Gasteiger partial charge in [-0.15, -0.1) is 0 Å². The van der Waals surface area contributed by atoms with Crippen LogP contribution in [0.3, 0.4) is 0 Å². The van der Waals surface area contributed by atoms with Crippen molar-refractivity contribution in [3.05, 3.63) is 41.3 Å². The van der Waals surface area contributed by atoms with Crippen LogP contribution in [0, 0.1) is 6.92 Å².